The molecule has 1 saturated carbocycles. The van der Waals surface area contributed by atoms with Crippen molar-refractivity contribution in [3.05, 3.63) is 0 Å². The van der Waals surface area contributed by atoms with E-state index in [1.165, 1.54) is 0 Å². The molecule has 0 aromatic carbocycles. The summed E-state index contributed by atoms with van der Waals surface area (Å²) >= 11 is 0. The van der Waals surface area contributed by atoms with E-state index in [9.17, 15) is 4.79 Å². The molecule has 2 atom stereocenters. The van der Waals surface area contributed by atoms with Gasteiger partial charge in [0.15, 0.2) is 0 Å². The Labute approximate surface area is 128 Å². The van der Waals surface area contributed by atoms with E-state index in [0.717, 1.165) is 51.9 Å². The number of esters is 1. The van der Waals surface area contributed by atoms with Crippen LogP contribution in [0.4, 0.5) is 0 Å². The number of nitrogens with zero attached hydrogens (tertiary/aromatic N) is 1. The lowest BCUT2D eigenvalue weighted by molar-refractivity contribution is -0.153. The summed E-state index contributed by atoms with van der Waals surface area (Å²) in [6, 6.07) is 0. The molecular weight excluding hydrogens is 268 g/mol. The number of hydrogen-bond donors (Lipinski definition) is 1. The first kappa shape index (κ1) is 16.7. The lowest BCUT2D eigenvalue weighted by atomic mass is 9.91. The average Bonchev–Trinajstić information content (AvgIpc) is 3.31. The van der Waals surface area contributed by atoms with E-state index < -0.39 is 5.54 Å². The van der Waals surface area contributed by atoms with Crippen LogP contribution < -0.4 is 5.32 Å². The predicted molar refractivity (Wildman–Crippen MR) is 82.2 cm³/mol. The zero-order valence-electron chi connectivity index (χ0n) is 13.7. The van der Waals surface area contributed by atoms with Crippen LogP contribution in [0.15, 0.2) is 0 Å². The van der Waals surface area contributed by atoms with Gasteiger partial charge < -0.3 is 14.8 Å². The van der Waals surface area contributed by atoms with E-state index in [1.807, 2.05) is 20.9 Å². The van der Waals surface area contributed by atoms with Gasteiger partial charge in [0.25, 0.3) is 0 Å². The van der Waals surface area contributed by atoms with Crippen LogP contribution in [-0.2, 0) is 14.3 Å². The third-order valence-electron chi connectivity index (χ3n) is 4.70. The van der Waals surface area contributed by atoms with Gasteiger partial charge in [-0.25, -0.2) is 4.79 Å². The lowest BCUT2D eigenvalue weighted by Crippen LogP contribution is -2.61. The molecule has 2 unspecified atom stereocenters. The first-order valence-electron chi connectivity index (χ1n) is 8.36. The summed E-state index contributed by atoms with van der Waals surface area (Å²) in [5, 5.41) is 3.30. The number of piperidine rings is 1. The maximum Gasteiger partial charge on any atom is 0.327 e. The summed E-state index contributed by atoms with van der Waals surface area (Å²) in [4.78, 5) is 14.9. The van der Waals surface area contributed by atoms with Gasteiger partial charge >= 0.3 is 5.97 Å². The van der Waals surface area contributed by atoms with Crippen molar-refractivity contribution in [1.82, 2.24) is 10.2 Å². The Kier molecular flexibility index (Phi) is 6.02. The number of hydrogen-bond acceptors (Lipinski definition) is 5. The largest absolute Gasteiger partial charge is 0.465 e. The van der Waals surface area contributed by atoms with Gasteiger partial charge in [0.05, 0.1) is 12.7 Å². The SMILES string of the molecule is CCOC(=O)C(CN1CCCC(OCC)C1)(NC)C1CC1. The summed E-state index contributed by atoms with van der Waals surface area (Å²) in [6.07, 6.45) is 4.79. The summed E-state index contributed by atoms with van der Waals surface area (Å²) in [6.45, 7) is 7.81. The second-order valence-corrected chi connectivity index (χ2v) is 6.17. The maximum atomic E-state index is 12.5. The Balaban J connectivity index is 2.02. The average molecular weight is 298 g/mol. The third kappa shape index (κ3) is 3.96. The molecule has 0 bridgehead atoms. The molecule has 1 aliphatic carbocycles. The molecule has 0 aromatic heterocycles. The maximum absolute atomic E-state index is 12.5. The highest BCUT2D eigenvalue weighted by Crippen LogP contribution is 2.41. The molecule has 1 heterocycles. The predicted octanol–water partition coefficient (Wildman–Crippen LogP) is 1.42. The zero-order chi connectivity index (χ0) is 15.3. The van der Waals surface area contributed by atoms with E-state index in [-0.39, 0.29) is 5.97 Å². The van der Waals surface area contributed by atoms with Crippen LogP contribution in [0.2, 0.25) is 0 Å². The molecule has 2 fully saturated rings. The van der Waals surface area contributed by atoms with Crippen molar-refractivity contribution in [2.24, 2.45) is 5.92 Å². The van der Waals surface area contributed by atoms with E-state index in [0.29, 0.717) is 18.6 Å². The Hall–Kier alpha value is -0.650. The molecule has 5 nitrogen and oxygen atoms in total. The van der Waals surface area contributed by atoms with Crippen LogP contribution in [-0.4, -0.2) is 62.4 Å². The molecule has 5 heteroatoms. The molecule has 21 heavy (non-hydrogen) atoms. The number of nitrogens with one attached hydrogen (secondary N) is 1. The highest BCUT2D eigenvalue weighted by molar-refractivity contribution is 5.82. The standard InChI is InChI=1S/C16H30N2O3/c1-4-20-14-7-6-10-18(11-14)12-16(17-3,13-8-9-13)15(19)21-5-2/h13-14,17H,4-12H2,1-3H3. The van der Waals surface area contributed by atoms with Crippen LogP contribution in [0.3, 0.4) is 0 Å². The number of likely N-dealkylation sites (tertiary alicyclic amines) is 1. The van der Waals surface area contributed by atoms with Crippen LogP contribution in [0.25, 0.3) is 0 Å². The van der Waals surface area contributed by atoms with Gasteiger partial charge in [-0.05, 0) is 59.0 Å². The van der Waals surface area contributed by atoms with Crippen molar-refractivity contribution in [1.29, 1.82) is 0 Å². The zero-order valence-corrected chi connectivity index (χ0v) is 13.7. The summed E-state index contributed by atoms with van der Waals surface area (Å²) in [5.41, 5.74) is -0.538. The smallest absolute Gasteiger partial charge is 0.327 e. The Morgan fingerprint density at radius 3 is 2.62 bits per heavy atom. The molecule has 1 aliphatic heterocycles. The quantitative estimate of drug-likeness (QED) is 0.687. The molecule has 1 N–H and O–H groups in total. The summed E-state index contributed by atoms with van der Waals surface area (Å²) in [7, 11) is 1.89. The monoisotopic (exact) mass is 298 g/mol. The highest BCUT2D eigenvalue weighted by atomic mass is 16.5. The van der Waals surface area contributed by atoms with Crippen molar-refractivity contribution < 1.29 is 14.3 Å². The van der Waals surface area contributed by atoms with Crippen molar-refractivity contribution in [2.75, 3.05) is 39.9 Å². The first-order valence-corrected chi connectivity index (χ1v) is 8.36. The molecular formula is C16H30N2O3. The molecule has 2 rings (SSSR count). The Morgan fingerprint density at radius 2 is 2.05 bits per heavy atom. The fourth-order valence-electron chi connectivity index (χ4n) is 3.46. The number of ether oxygens (including phenoxy) is 2. The highest BCUT2D eigenvalue weighted by Gasteiger charge is 2.52. The summed E-state index contributed by atoms with van der Waals surface area (Å²) in [5.74, 6) is 0.322. The lowest BCUT2D eigenvalue weighted by Gasteiger charge is -2.40. The van der Waals surface area contributed by atoms with Crippen molar-refractivity contribution in [2.45, 2.75) is 51.2 Å². The number of carbonyl (C=O) groups excluding carboxylic acids is 1. The second kappa shape index (κ2) is 7.56. The van der Waals surface area contributed by atoms with E-state index in [2.05, 4.69) is 10.2 Å². The van der Waals surface area contributed by atoms with Crippen molar-refractivity contribution in [3.63, 3.8) is 0 Å². The number of rotatable bonds is 8. The normalized spacial score (nSPS) is 26.3. The summed E-state index contributed by atoms with van der Waals surface area (Å²) < 4.78 is 11.1. The van der Waals surface area contributed by atoms with Crippen molar-refractivity contribution >= 4 is 5.97 Å². The van der Waals surface area contributed by atoms with Crippen LogP contribution >= 0.6 is 0 Å². The molecule has 2 aliphatic rings. The fraction of sp³-hybridized carbons (Fsp3) is 0.938. The Bertz CT molecular complexity index is 344. The fourth-order valence-corrected chi connectivity index (χ4v) is 3.46. The minimum atomic E-state index is -0.538. The minimum absolute atomic E-state index is 0.0893. The van der Waals surface area contributed by atoms with Crippen molar-refractivity contribution in [3.8, 4) is 0 Å². The van der Waals surface area contributed by atoms with Crippen LogP contribution in [0.5, 0.6) is 0 Å². The molecule has 0 radical (unpaired) electrons. The van der Waals surface area contributed by atoms with E-state index in [4.69, 9.17) is 9.47 Å². The van der Waals surface area contributed by atoms with Gasteiger partial charge in [-0.1, -0.05) is 0 Å². The van der Waals surface area contributed by atoms with Gasteiger partial charge in [-0.3, -0.25) is 4.90 Å². The first-order chi connectivity index (χ1) is 10.2. The van der Waals surface area contributed by atoms with Gasteiger partial charge in [-0.2, -0.15) is 0 Å². The van der Waals surface area contributed by atoms with Gasteiger partial charge in [-0.15, -0.1) is 0 Å². The number of likely N-dealkylation sites (N-methyl/N-ethyl adjacent to an activating group) is 1. The molecule has 122 valence electrons. The molecule has 0 aromatic rings. The van der Waals surface area contributed by atoms with E-state index in [1.54, 1.807) is 0 Å². The van der Waals surface area contributed by atoms with Gasteiger partial charge in [0, 0.05) is 19.7 Å². The van der Waals surface area contributed by atoms with Crippen LogP contribution in [0.1, 0.15) is 39.5 Å². The molecule has 1 saturated heterocycles. The van der Waals surface area contributed by atoms with Gasteiger partial charge in [0.2, 0.25) is 0 Å². The van der Waals surface area contributed by atoms with Crippen LogP contribution in [0, 0.1) is 5.92 Å². The topological polar surface area (TPSA) is 50.8 Å². The minimum Gasteiger partial charge on any atom is -0.465 e. The number of carbonyl (C=O) groups is 1. The Morgan fingerprint density at radius 1 is 1.29 bits per heavy atom. The second-order valence-electron chi connectivity index (χ2n) is 6.17. The van der Waals surface area contributed by atoms with Gasteiger partial charge in [0.1, 0.15) is 5.54 Å². The third-order valence-corrected chi connectivity index (χ3v) is 4.70. The molecule has 0 spiro atoms. The molecule has 0 amide bonds. The van der Waals surface area contributed by atoms with E-state index >= 15 is 0 Å².